The number of rotatable bonds is 13. The fraction of sp³-hybridized carbons (Fsp3) is 0.375. The standard InChI is InChI=1S/C38H44N4O9S.C2HF3O2/c1-7-50-31-20-24(8-12-30(31)51-21(2)3)33(41-26-10-11-27-23(18-26)14-16-40-35(27)39)36(43)42-17-15-28(37(44)45)34(42)29-19-25(38(46)49-6)9-13-32(29)52(47,48)22(4)5;3-2(4,5)1(6)7/h8-14,16,18-22,28,33-34,41H,7,15,17H2,1-6H3,(H2,39,40)(H,44,45);(H,6,7)/t28-,33?,34-;/m0./s1. The van der Waals surface area contributed by atoms with Gasteiger partial charge in [-0.15, -0.1) is 0 Å². The van der Waals surface area contributed by atoms with E-state index in [1.807, 2.05) is 26.8 Å². The molecule has 0 aliphatic carbocycles. The van der Waals surface area contributed by atoms with Gasteiger partial charge in [0.25, 0.3) is 0 Å². The number of nitrogens with one attached hydrogen (secondary N) is 1. The fourth-order valence-corrected chi connectivity index (χ4v) is 7.73. The van der Waals surface area contributed by atoms with Gasteiger partial charge in [0.2, 0.25) is 5.91 Å². The van der Waals surface area contributed by atoms with Gasteiger partial charge in [0.1, 0.15) is 11.9 Å². The van der Waals surface area contributed by atoms with Gasteiger partial charge in [-0.1, -0.05) is 6.07 Å². The number of sulfone groups is 1. The van der Waals surface area contributed by atoms with Gasteiger partial charge in [0.05, 0.1) is 47.5 Å². The molecule has 1 fully saturated rings. The molecule has 15 nitrogen and oxygen atoms in total. The maximum absolute atomic E-state index is 15.0. The first kappa shape index (κ1) is 45.6. The number of hydrogen-bond donors (Lipinski definition) is 4. The first-order chi connectivity index (χ1) is 27.6. The van der Waals surface area contributed by atoms with Crippen LogP contribution in [0, 0.1) is 5.92 Å². The number of anilines is 2. The molecule has 1 aliphatic rings. The Morgan fingerprint density at radius 2 is 1.66 bits per heavy atom. The first-order valence-corrected chi connectivity index (χ1v) is 19.8. The summed E-state index contributed by atoms with van der Waals surface area (Å²) >= 11 is 0. The minimum absolute atomic E-state index is 0.00491. The number of hydrogen-bond acceptors (Lipinski definition) is 12. The SMILES string of the molecule is CCOc1cc(C(Nc2ccc3c(N)nccc3c2)C(=O)N2CC[C@H](C(=O)O)[C@H]2c2cc(C(=O)OC)ccc2S(=O)(=O)C(C)C)ccc1OC(C)C.O=C(O)C(F)(F)F. The van der Waals surface area contributed by atoms with Gasteiger partial charge in [-0.3, -0.25) is 9.59 Å². The average Bonchev–Trinajstić information content (AvgIpc) is 3.62. The molecule has 1 saturated heterocycles. The van der Waals surface area contributed by atoms with Crippen molar-refractivity contribution in [3.05, 3.63) is 83.6 Å². The molecular formula is C40H45F3N4O11S. The van der Waals surface area contributed by atoms with Crippen LogP contribution in [0.1, 0.15) is 74.6 Å². The molecule has 5 N–H and O–H groups in total. The van der Waals surface area contributed by atoms with E-state index >= 15 is 4.79 Å². The number of nitrogens with zero attached hydrogens (tertiary/aromatic N) is 2. The van der Waals surface area contributed by atoms with E-state index in [1.54, 1.807) is 42.6 Å². The molecule has 19 heteroatoms. The van der Waals surface area contributed by atoms with Gasteiger partial charge < -0.3 is 40.4 Å². The number of aromatic nitrogens is 1. The Morgan fingerprint density at radius 3 is 2.24 bits per heavy atom. The van der Waals surface area contributed by atoms with Crippen LogP contribution < -0.4 is 20.5 Å². The minimum atomic E-state index is -5.08. The van der Waals surface area contributed by atoms with Crippen LogP contribution in [0.5, 0.6) is 11.5 Å². The zero-order valence-corrected chi connectivity index (χ0v) is 33.8. The van der Waals surface area contributed by atoms with Crippen molar-refractivity contribution in [3.8, 4) is 11.5 Å². The molecule has 0 radical (unpaired) electrons. The van der Waals surface area contributed by atoms with E-state index in [2.05, 4.69) is 10.3 Å². The molecule has 1 unspecified atom stereocenters. The molecule has 2 heterocycles. The summed E-state index contributed by atoms with van der Waals surface area (Å²) in [6.45, 7) is 8.93. The number of benzene rings is 3. The molecule has 1 amide bonds. The Labute approximate surface area is 338 Å². The summed E-state index contributed by atoms with van der Waals surface area (Å²) in [6.07, 6.45) is -3.62. The number of aliphatic carboxylic acids is 2. The molecule has 5 rings (SSSR count). The third kappa shape index (κ3) is 10.5. The van der Waals surface area contributed by atoms with Gasteiger partial charge in [-0.2, -0.15) is 13.2 Å². The molecule has 1 aromatic heterocycles. The first-order valence-electron chi connectivity index (χ1n) is 18.3. The van der Waals surface area contributed by atoms with Gasteiger partial charge in [-0.05, 0) is 112 Å². The zero-order valence-electron chi connectivity index (χ0n) is 32.9. The number of ether oxygens (including phenoxy) is 3. The number of halogens is 3. The van der Waals surface area contributed by atoms with Crippen LogP contribution in [0.4, 0.5) is 24.7 Å². The third-order valence-corrected chi connectivity index (χ3v) is 11.5. The third-order valence-electron chi connectivity index (χ3n) is 9.23. The molecule has 1 aliphatic heterocycles. The predicted octanol–water partition coefficient (Wildman–Crippen LogP) is 6.43. The molecule has 3 aromatic carbocycles. The van der Waals surface area contributed by atoms with Crippen molar-refractivity contribution in [1.29, 1.82) is 0 Å². The molecule has 4 aromatic rings. The zero-order chi connectivity index (χ0) is 44.0. The highest BCUT2D eigenvalue weighted by molar-refractivity contribution is 7.92. The normalized spacial score (nSPS) is 15.9. The number of carboxylic acid groups (broad SMARTS) is 2. The Bertz CT molecular complexity index is 2320. The molecule has 0 bridgehead atoms. The fourth-order valence-electron chi connectivity index (χ4n) is 6.46. The van der Waals surface area contributed by atoms with Gasteiger partial charge in [-0.25, -0.2) is 23.0 Å². The van der Waals surface area contributed by atoms with Gasteiger partial charge in [0.15, 0.2) is 21.3 Å². The number of methoxy groups -OCH3 is 1. The molecule has 3 atom stereocenters. The van der Waals surface area contributed by atoms with Crippen molar-refractivity contribution in [1.82, 2.24) is 9.88 Å². The highest BCUT2D eigenvalue weighted by atomic mass is 32.2. The van der Waals surface area contributed by atoms with Crippen LogP contribution in [0.3, 0.4) is 0 Å². The summed E-state index contributed by atoms with van der Waals surface area (Å²) in [5.74, 6) is -5.19. The van der Waals surface area contributed by atoms with E-state index in [9.17, 15) is 36.3 Å². The van der Waals surface area contributed by atoms with E-state index < -0.39 is 63.1 Å². The lowest BCUT2D eigenvalue weighted by atomic mass is 9.92. The van der Waals surface area contributed by atoms with Crippen molar-refractivity contribution >= 4 is 55.9 Å². The van der Waals surface area contributed by atoms with Crippen LogP contribution in [0.2, 0.25) is 0 Å². The number of carbonyl (C=O) groups excluding carboxylic acids is 2. The Balaban J connectivity index is 0.00000101. The van der Waals surface area contributed by atoms with Crippen molar-refractivity contribution in [2.45, 2.75) is 75.5 Å². The molecule has 59 heavy (non-hydrogen) atoms. The number of esters is 1. The van der Waals surface area contributed by atoms with E-state index in [4.69, 9.17) is 29.8 Å². The van der Waals surface area contributed by atoms with Crippen LogP contribution in [0.25, 0.3) is 10.8 Å². The number of likely N-dealkylation sites (tertiary alicyclic amines) is 1. The van der Waals surface area contributed by atoms with E-state index in [0.717, 1.165) is 10.8 Å². The Kier molecular flexibility index (Phi) is 14.4. The number of nitrogen functional groups attached to an aromatic ring is 1. The maximum Gasteiger partial charge on any atom is 0.490 e. The van der Waals surface area contributed by atoms with Crippen LogP contribution in [0.15, 0.2) is 71.8 Å². The Hall–Kier alpha value is -6.11. The monoisotopic (exact) mass is 846 g/mol. The summed E-state index contributed by atoms with van der Waals surface area (Å²) in [5.41, 5.74) is 7.17. The number of carbonyl (C=O) groups is 4. The number of amides is 1. The number of carboxylic acids is 2. The highest BCUT2D eigenvalue weighted by Crippen LogP contribution is 2.44. The van der Waals surface area contributed by atoms with Crippen molar-refractivity contribution in [2.75, 3.05) is 31.3 Å². The van der Waals surface area contributed by atoms with Gasteiger partial charge in [0, 0.05) is 23.8 Å². The summed E-state index contributed by atoms with van der Waals surface area (Å²) in [7, 11) is -2.82. The molecule has 318 valence electrons. The Morgan fingerprint density at radius 1 is 0.983 bits per heavy atom. The molecule has 0 spiro atoms. The smallest absolute Gasteiger partial charge is 0.490 e. The lowest BCUT2D eigenvalue weighted by Crippen LogP contribution is -2.40. The lowest BCUT2D eigenvalue weighted by molar-refractivity contribution is -0.192. The number of fused-ring (bicyclic) bond motifs is 1. The van der Waals surface area contributed by atoms with E-state index in [-0.39, 0.29) is 35.1 Å². The minimum Gasteiger partial charge on any atom is -0.490 e. The van der Waals surface area contributed by atoms with Crippen LogP contribution in [-0.4, -0.2) is 90.1 Å². The summed E-state index contributed by atoms with van der Waals surface area (Å²) in [5, 5.41) is 21.5. The van der Waals surface area contributed by atoms with Crippen LogP contribution in [-0.2, 0) is 29.0 Å². The van der Waals surface area contributed by atoms with Crippen LogP contribution >= 0.6 is 0 Å². The van der Waals surface area contributed by atoms with E-state index in [1.165, 1.54) is 44.1 Å². The van der Waals surface area contributed by atoms with Crippen molar-refractivity contribution in [2.24, 2.45) is 5.92 Å². The summed E-state index contributed by atoms with van der Waals surface area (Å²) in [6, 6.07) is 13.9. The molecule has 0 saturated carbocycles. The maximum atomic E-state index is 15.0. The predicted molar refractivity (Wildman–Crippen MR) is 210 cm³/mol. The highest BCUT2D eigenvalue weighted by Gasteiger charge is 2.46. The largest absolute Gasteiger partial charge is 0.490 e. The second-order valence-corrected chi connectivity index (χ2v) is 16.3. The lowest BCUT2D eigenvalue weighted by Gasteiger charge is -2.33. The average molecular weight is 847 g/mol. The summed E-state index contributed by atoms with van der Waals surface area (Å²) in [4.78, 5) is 54.8. The number of nitrogens with two attached hydrogens (primary N) is 1. The molecular weight excluding hydrogens is 802 g/mol. The van der Waals surface area contributed by atoms with Gasteiger partial charge >= 0.3 is 24.1 Å². The topological polar surface area (TPSA) is 225 Å². The van der Waals surface area contributed by atoms with E-state index in [0.29, 0.717) is 35.2 Å². The van der Waals surface area contributed by atoms with Crippen molar-refractivity contribution in [3.63, 3.8) is 0 Å². The second-order valence-electron chi connectivity index (χ2n) is 13.9. The number of pyridine rings is 1. The quantitative estimate of drug-likeness (QED) is 0.106. The summed E-state index contributed by atoms with van der Waals surface area (Å²) < 4.78 is 76.0. The van der Waals surface area contributed by atoms with Crippen molar-refractivity contribution < 1.29 is 65.2 Å². The second kappa shape index (κ2) is 18.6. The number of alkyl halides is 3.